The number of H-pyrrole nitrogens is 1. The highest BCUT2D eigenvalue weighted by Gasteiger charge is 2.32. The Labute approximate surface area is 155 Å². The van der Waals surface area contributed by atoms with Gasteiger partial charge in [0.05, 0.1) is 12.0 Å². The molecule has 2 unspecified atom stereocenters. The number of rotatable bonds is 5. The van der Waals surface area contributed by atoms with E-state index in [1.165, 1.54) is 11.9 Å². The van der Waals surface area contributed by atoms with Crippen molar-refractivity contribution in [3.63, 3.8) is 0 Å². The third-order valence-electron chi connectivity index (χ3n) is 4.43. The molecular formula is C19H18N4O2S. The third-order valence-corrected chi connectivity index (χ3v) is 5.84. The number of nitrogens with zero attached hydrogens (tertiary/aromatic N) is 3. The Morgan fingerprint density at radius 3 is 2.62 bits per heavy atom. The fourth-order valence-electron chi connectivity index (χ4n) is 3.06. The first kappa shape index (κ1) is 16.8. The molecule has 0 saturated heterocycles. The van der Waals surface area contributed by atoms with Crippen LogP contribution in [0.25, 0.3) is 4.91 Å². The maximum atomic E-state index is 11.0. The zero-order valence-electron chi connectivity index (χ0n) is 14.2. The Hall–Kier alpha value is -2.64. The number of aromatic amines is 1. The van der Waals surface area contributed by atoms with Crippen LogP contribution in [0.5, 0.6) is 5.75 Å². The number of nitrogens with one attached hydrogen (secondary N) is 1. The van der Waals surface area contributed by atoms with Gasteiger partial charge in [0, 0.05) is 17.6 Å². The molecule has 7 heteroatoms. The summed E-state index contributed by atoms with van der Waals surface area (Å²) >= 11 is 1.69. The van der Waals surface area contributed by atoms with Crippen molar-refractivity contribution < 1.29 is 9.84 Å². The number of ether oxygens (including phenoxy) is 1. The first-order valence-electron chi connectivity index (χ1n) is 8.23. The molecule has 26 heavy (non-hydrogen) atoms. The molecule has 1 aliphatic rings. The van der Waals surface area contributed by atoms with Crippen molar-refractivity contribution in [1.82, 2.24) is 20.2 Å². The number of methoxy groups -OCH3 is 1. The van der Waals surface area contributed by atoms with Gasteiger partial charge in [-0.2, -0.15) is 5.10 Å². The zero-order chi connectivity index (χ0) is 17.9. The lowest BCUT2D eigenvalue weighted by molar-refractivity contribution is 0.212. The van der Waals surface area contributed by atoms with E-state index in [1.807, 2.05) is 36.4 Å². The van der Waals surface area contributed by atoms with E-state index < -0.39 is 6.10 Å². The van der Waals surface area contributed by atoms with E-state index in [-0.39, 0.29) is 5.25 Å². The summed E-state index contributed by atoms with van der Waals surface area (Å²) in [7, 11) is 1.63. The lowest BCUT2D eigenvalue weighted by Crippen LogP contribution is -2.03. The Morgan fingerprint density at radius 1 is 1.19 bits per heavy atom. The van der Waals surface area contributed by atoms with Crippen LogP contribution in [-0.2, 0) is 0 Å². The van der Waals surface area contributed by atoms with Crippen molar-refractivity contribution in [1.29, 1.82) is 0 Å². The predicted octanol–water partition coefficient (Wildman–Crippen LogP) is 3.53. The summed E-state index contributed by atoms with van der Waals surface area (Å²) in [6.45, 7) is 0. The first-order valence-corrected chi connectivity index (χ1v) is 9.11. The SMILES string of the molecule is COc1ccc(C(O)C2=C(c3ncn[nH]3)SC(c3ccncc3)C2)cc1. The van der Waals surface area contributed by atoms with Crippen molar-refractivity contribution >= 4 is 16.7 Å². The van der Waals surface area contributed by atoms with Crippen LogP contribution in [0.1, 0.15) is 34.7 Å². The van der Waals surface area contributed by atoms with Gasteiger partial charge in [0.1, 0.15) is 18.2 Å². The van der Waals surface area contributed by atoms with E-state index in [2.05, 4.69) is 20.2 Å². The molecule has 0 amide bonds. The van der Waals surface area contributed by atoms with Gasteiger partial charge < -0.3 is 9.84 Å². The van der Waals surface area contributed by atoms with Gasteiger partial charge in [-0.05, 0) is 47.4 Å². The van der Waals surface area contributed by atoms with Gasteiger partial charge in [0.2, 0.25) is 0 Å². The second kappa shape index (κ2) is 7.31. The molecule has 0 fully saturated rings. The molecule has 0 spiro atoms. The molecule has 3 aromatic rings. The second-order valence-corrected chi connectivity index (χ2v) is 7.17. The fourth-order valence-corrected chi connectivity index (χ4v) is 4.46. The lowest BCUT2D eigenvalue weighted by Gasteiger charge is -2.15. The van der Waals surface area contributed by atoms with Crippen LogP contribution in [0.2, 0.25) is 0 Å². The van der Waals surface area contributed by atoms with Gasteiger partial charge in [-0.3, -0.25) is 10.1 Å². The summed E-state index contributed by atoms with van der Waals surface area (Å²) in [6.07, 6.45) is 5.10. The number of thioether (sulfide) groups is 1. The van der Waals surface area contributed by atoms with Crippen LogP contribution in [0.4, 0.5) is 0 Å². The predicted molar refractivity (Wildman–Crippen MR) is 100 cm³/mol. The van der Waals surface area contributed by atoms with Crippen LogP contribution in [0.15, 0.2) is 60.7 Å². The fraction of sp³-hybridized carbons (Fsp3) is 0.211. The van der Waals surface area contributed by atoms with Crippen molar-refractivity contribution in [2.45, 2.75) is 17.8 Å². The molecule has 2 aromatic heterocycles. The number of aliphatic hydroxyl groups excluding tert-OH is 1. The average molecular weight is 366 g/mol. The minimum Gasteiger partial charge on any atom is -0.497 e. The standard InChI is InChI=1S/C19H18N4O2S/c1-25-14-4-2-13(3-5-14)17(24)15-10-16(12-6-8-20-9-7-12)26-18(15)19-21-11-22-23-19/h2-9,11,16-17,24H,10H2,1H3,(H,21,22,23). The highest BCUT2D eigenvalue weighted by molar-refractivity contribution is 8.08. The molecule has 0 radical (unpaired) electrons. The third kappa shape index (κ3) is 3.23. The normalized spacial score (nSPS) is 18.2. The summed E-state index contributed by atoms with van der Waals surface area (Å²) in [5.41, 5.74) is 2.95. The van der Waals surface area contributed by atoms with Gasteiger partial charge in [-0.25, -0.2) is 4.98 Å². The first-order chi connectivity index (χ1) is 12.8. The maximum absolute atomic E-state index is 11.0. The van der Waals surface area contributed by atoms with E-state index in [0.717, 1.165) is 28.2 Å². The van der Waals surface area contributed by atoms with Crippen LogP contribution >= 0.6 is 11.8 Å². The highest BCUT2D eigenvalue weighted by Crippen LogP contribution is 2.54. The number of pyridine rings is 1. The van der Waals surface area contributed by atoms with Crippen molar-refractivity contribution in [3.8, 4) is 5.75 Å². The van der Waals surface area contributed by atoms with E-state index in [1.54, 1.807) is 31.3 Å². The van der Waals surface area contributed by atoms with Gasteiger partial charge in [-0.1, -0.05) is 12.1 Å². The molecule has 2 atom stereocenters. The van der Waals surface area contributed by atoms with Gasteiger partial charge in [0.25, 0.3) is 0 Å². The minimum absolute atomic E-state index is 0.209. The Balaban J connectivity index is 1.68. The molecule has 0 saturated carbocycles. The molecule has 1 aromatic carbocycles. The van der Waals surface area contributed by atoms with Crippen molar-refractivity contribution in [2.24, 2.45) is 0 Å². The van der Waals surface area contributed by atoms with E-state index in [0.29, 0.717) is 5.82 Å². The Bertz CT molecular complexity index is 895. The number of benzene rings is 1. The summed E-state index contributed by atoms with van der Waals surface area (Å²) in [4.78, 5) is 9.33. The number of aromatic nitrogens is 4. The van der Waals surface area contributed by atoms with Crippen LogP contribution in [-0.4, -0.2) is 32.4 Å². The van der Waals surface area contributed by atoms with Crippen LogP contribution < -0.4 is 4.74 Å². The topological polar surface area (TPSA) is 83.9 Å². The molecule has 0 bridgehead atoms. The molecule has 0 aliphatic carbocycles. The van der Waals surface area contributed by atoms with E-state index in [4.69, 9.17) is 4.74 Å². The highest BCUT2D eigenvalue weighted by atomic mass is 32.2. The number of hydrogen-bond donors (Lipinski definition) is 2. The number of hydrogen-bond acceptors (Lipinski definition) is 6. The molecule has 2 N–H and O–H groups in total. The Morgan fingerprint density at radius 2 is 1.96 bits per heavy atom. The number of aliphatic hydroxyl groups is 1. The lowest BCUT2D eigenvalue weighted by atomic mass is 9.95. The molecule has 1 aliphatic heterocycles. The largest absolute Gasteiger partial charge is 0.497 e. The monoisotopic (exact) mass is 366 g/mol. The molecule has 132 valence electrons. The molecule has 3 heterocycles. The van der Waals surface area contributed by atoms with E-state index >= 15 is 0 Å². The van der Waals surface area contributed by atoms with Gasteiger partial charge >= 0.3 is 0 Å². The molecule has 6 nitrogen and oxygen atoms in total. The van der Waals surface area contributed by atoms with Crippen LogP contribution in [0.3, 0.4) is 0 Å². The summed E-state index contributed by atoms with van der Waals surface area (Å²) in [6, 6.07) is 11.5. The summed E-state index contributed by atoms with van der Waals surface area (Å²) in [5.74, 6) is 1.45. The summed E-state index contributed by atoms with van der Waals surface area (Å²) in [5, 5.41) is 18.1. The smallest absolute Gasteiger partial charge is 0.161 e. The summed E-state index contributed by atoms with van der Waals surface area (Å²) < 4.78 is 5.20. The molecule has 4 rings (SSSR count). The maximum Gasteiger partial charge on any atom is 0.161 e. The Kier molecular flexibility index (Phi) is 4.73. The van der Waals surface area contributed by atoms with Crippen LogP contribution in [0, 0.1) is 0 Å². The van der Waals surface area contributed by atoms with Gasteiger partial charge in [0.15, 0.2) is 5.82 Å². The molecular weight excluding hydrogens is 348 g/mol. The van der Waals surface area contributed by atoms with Gasteiger partial charge in [-0.15, -0.1) is 11.8 Å². The second-order valence-electron chi connectivity index (χ2n) is 5.96. The quantitative estimate of drug-likeness (QED) is 0.719. The van der Waals surface area contributed by atoms with E-state index in [9.17, 15) is 5.11 Å². The van der Waals surface area contributed by atoms with Crippen molar-refractivity contribution in [3.05, 3.63) is 77.6 Å². The minimum atomic E-state index is -0.708. The zero-order valence-corrected chi connectivity index (χ0v) is 15.0. The van der Waals surface area contributed by atoms with Crippen molar-refractivity contribution in [2.75, 3.05) is 7.11 Å². The average Bonchev–Trinajstić information content (AvgIpc) is 3.38.